The van der Waals surface area contributed by atoms with Gasteiger partial charge in [0.05, 0.1) is 0 Å². The SMILES string of the molecule is CC[n+]1cccc(NC(=O)c2ccc(CC(=O)c3ccc(NC(=O)c4ccc[n+](CC)c4)cc3)cc2)c1. The Morgan fingerprint density at radius 1 is 0.622 bits per heavy atom. The second-order valence-electron chi connectivity index (χ2n) is 8.63. The predicted molar refractivity (Wildman–Crippen MR) is 141 cm³/mol. The van der Waals surface area contributed by atoms with Crippen LogP contribution in [0.1, 0.15) is 50.5 Å². The minimum atomic E-state index is -0.206. The fourth-order valence-corrected chi connectivity index (χ4v) is 3.85. The van der Waals surface area contributed by atoms with Gasteiger partial charge in [0.15, 0.2) is 30.6 Å². The van der Waals surface area contributed by atoms with Crippen LogP contribution in [0, 0.1) is 0 Å². The molecule has 0 bridgehead atoms. The average Bonchev–Trinajstić information content (AvgIpc) is 2.94. The fourth-order valence-electron chi connectivity index (χ4n) is 3.85. The zero-order valence-electron chi connectivity index (χ0n) is 21.0. The molecule has 0 fully saturated rings. The van der Waals surface area contributed by atoms with Gasteiger partial charge in [0.2, 0.25) is 0 Å². The van der Waals surface area contributed by atoms with Crippen molar-refractivity contribution in [2.24, 2.45) is 0 Å². The molecule has 2 aromatic carbocycles. The number of nitrogens with one attached hydrogen (secondary N) is 2. The molecule has 7 heteroatoms. The Morgan fingerprint density at radius 3 is 1.86 bits per heavy atom. The van der Waals surface area contributed by atoms with Crippen LogP contribution in [0.2, 0.25) is 0 Å². The number of aromatic nitrogens is 2. The molecule has 2 amide bonds. The van der Waals surface area contributed by atoms with Gasteiger partial charge >= 0.3 is 0 Å². The number of rotatable bonds is 9. The van der Waals surface area contributed by atoms with Crippen molar-refractivity contribution in [1.29, 1.82) is 0 Å². The summed E-state index contributed by atoms with van der Waals surface area (Å²) in [5.41, 5.74) is 3.79. The van der Waals surface area contributed by atoms with Crippen LogP contribution in [0.3, 0.4) is 0 Å². The number of pyridine rings is 2. The highest BCUT2D eigenvalue weighted by Gasteiger charge is 2.13. The van der Waals surface area contributed by atoms with Crippen molar-refractivity contribution < 1.29 is 23.5 Å². The monoisotopic (exact) mass is 494 g/mol. The van der Waals surface area contributed by atoms with Crippen molar-refractivity contribution >= 4 is 29.0 Å². The standard InChI is InChI=1S/C30H28N4O3/c1-3-33-17-5-7-25(20-33)30(37)31-26-15-13-23(14-16-26)28(35)19-22-9-11-24(12-10-22)29(36)32-27-8-6-18-34(4-2)21-27/h5-18,20-21H,3-4,19H2,1-2H3/p+2. The number of ketones is 1. The highest BCUT2D eigenvalue weighted by atomic mass is 16.2. The van der Waals surface area contributed by atoms with Gasteiger partial charge in [-0.05, 0) is 67.9 Å². The first kappa shape index (κ1) is 25.4. The van der Waals surface area contributed by atoms with Gasteiger partial charge in [0, 0.05) is 35.4 Å². The van der Waals surface area contributed by atoms with Crippen LogP contribution in [0.25, 0.3) is 0 Å². The van der Waals surface area contributed by atoms with E-state index in [9.17, 15) is 14.4 Å². The van der Waals surface area contributed by atoms with E-state index in [1.807, 2.05) is 59.8 Å². The van der Waals surface area contributed by atoms with Crippen LogP contribution < -0.4 is 19.8 Å². The molecular formula is C30H30N4O3+2. The molecule has 0 radical (unpaired) electrons. The molecule has 0 unspecified atom stereocenters. The number of hydrogen-bond acceptors (Lipinski definition) is 3. The van der Waals surface area contributed by atoms with Gasteiger partial charge in [-0.3, -0.25) is 14.4 Å². The molecule has 0 saturated heterocycles. The summed E-state index contributed by atoms with van der Waals surface area (Å²) in [6.07, 6.45) is 7.74. The Labute approximate surface area is 216 Å². The van der Waals surface area contributed by atoms with E-state index in [1.165, 1.54) is 0 Å². The molecule has 7 nitrogen and oxygen atoms in total. The summed E-state index contributed by atoms with van der Waals surface area (Å²) in [6.45, 7) is 5.64. The summed E-state index contributed by atoms with van der Waals surface area (Å²) in [5, 5.41) is 5.76. The van der Waals surface area contributed by atoms with Crippen LogP contribution in [-0.2, 0) is 19.5 Å². The highest BCUT2D eigenvalue weighted by Crippen LogP contribution is 2.15. The van der Waals surface area contributed by atoms with Crippen LogP contribution in [0.15, 0.2) is 97.6 Å². The van der Waals surface area contributed by atoms with Gasteiger partial charge in [-0.2, -0.15) is 0 Å². The minimum absolute atomic E-state index is 0.0458. The number of amides is 2. The molecule has 0 atom stereocenters. The Hall–Kier alpha value is -4.65. The first-order valence-corrected chi connectivity index (χ1v) is 12.3. The molecule has 4 aromatic rings. The molecule has 2 aromatic heterocycles. The summed E-state index contributed by atoms with van der Waals surface area (Å²) >= 11 is 0. The zero-order valence-corrected chi connectivity index (χ0v) is 21.0. The lowest BCUT2D eigenvalue weighted by atomic mass is 10.0. The molecule has 2 N–H and O–H groups in total. The molecule has 186 valence electrons. The molecule has 0 aliphatic rings. The number of hydrogen-bond donors (Lipinski definition) is 2. The third-order valence-electron chi connectivity index (χ3n) is 6.01. The number of carbonyl (C=O) groups is 3. The molecule has 0 spiro atoms. The maximum atomic E-state index is 12.8. The third kappa shape index (κ3) is 6.73. The van der Waals surface area contributed by atoms with Crippen molar-refractivity contribution in [3.63, 3.8) is 0 Å². The van der Waals surface area contributed by atoms with Crippen molar-refractivity contribution in [3.05, 3.63) is 120 Å². The molecular weight excluding hydrogens is 464 g/mol. The second kappa shape index (κ2) is 11.9. The Morgan fingerprint density at radius 2 is 1.19 bits per heavy atom. The van der Waals surface area contributed by atoms with E-state index in [0.29, 0.717) is 22.4 Å². The topological polar surface area (TPSA) is 83.0 Å². The van der Waals surface area contributed by atoms with Crippen molar-refractivity contribution in [2.45, 2.75) is 33.4 Å². The van der Waals surface area contributed by atoms with E-state index in [1.54, 1.807) is 60.8 Å². The highest BCUT2D eigenvalue weighted by molar-refractivity contribution is 6.05. The number of anilines is 2. The minimum Gasteiger partial charge on any atom is -0.322 e. The molecule has 0 saturated carbocycles. The number of Topliss-reactive ketones (excluding diaryl/α,β-unsaturated/α-hetero) is 1. The third-order valence-corrected chi connectivity index (χ3v) is 6.01. The maximum absolute atomic E-state index is 12.8. The molecule has 2 heterocycles. The summed E-state index contributed by atoms with van der Waals surface area (Å²) < 4.78 is 3.91. The lowest BCUT2D eigenvalue weighted by Crippen LogP contribution is -2.32. The lowest BCUT2D eigenvalue weighted by Gasteiger charge is -2.07. The van der Waals surface area contributed by atoms with E-state index < -0.39 is 0 Å². The van der Waals surface area contributed by atoms with E-state index in [2.05, 4.69) is 10.6 Å². The Kier molecular flexibility index (Phi) is 8.15. The Balaban J connectivity index is 1.33. The fraction of sp³-hybridized carbons (Fsp3) is 0.167. The van der Waals surface area contributed by atoms with Gasteiger partial charge in [0.25, 0.3) is 11.8 Å². The molecule has 37 heavy (non-hydrogen) atoms. The van der Waals surface area contributed by atoms with Gasteiger partial charge in [-0.15, -0.1) is 0 Å². The van der Waals surface area contributed by atoms with E-state index in [0.717, 1.165) is 24.3 Å². The van der Waals surface area contributed by atoms with Crippen molar-refractivity contribution in [3.8, 4) is 0 Å². The van der Waals surface area contributed by atoms with Crippen LogP contribution in [0.4, 0.5) is 11.4 Å². The van der Waals surface area contributed by atoms with Gasteiger partial charge < -0.3 is 10.6 Å². The number of carbonyl (C=O) groups excluding carboxylic acids is 3. The summed E-state index contributed by atoms with van der Waals surface area (Å²) in [4.78, 5) is 37.9. The normalized spacial score (nSPS) is 10.5. The molecule has 0 aliphatic carbocycles. The Bertz CT molecular complexity index is 1410. The summed E-state index contributed by atoms with van der Waals surface area (Å²) in [6, 6.07) is 21.2. The summed E-state index contributed by atoms with van der Waals surface area (Å²) in [7, 11) is 0. The largest absolute Gasteiger partial charge is 0.322 e. The number of benzene rings is 2. The lowest BCUT2D eigenvalue weighted by molar-refractivity contribution is -0.693. The van der Waals surface area contributed by atoms with Crippen LogP contribution >= 0.6 is 0 Å². The van der Waals surface area contributed by atoms with E-state index in [-0.39, 0.29) is 24.0 Å². The zero-order chi connectivity index (χ0) is 26.2. The van der Waals surface area contributed by atoms with Gasteiger partial charge in [0.1, 0.15) is 24.3 Å². The molecule has 4 rings (SSSR count). The second-order valence-corrected chi connectivity index (χ2v) is 8.63. The van der Waals surface area contributed by atoms with Gasteiger partial charge in [-0.25, -0.2) is 9.13 Å². The van der Waals surface area contributed by atoms with Crippen LogP contribution in [-0.4, -0.2) is 17.6 Å². The number of nitrogens with zero attached hydrogens (tertiary/aromatic N) is 2. The first-order valence-electron chi connectivity index (χ1n) is 12.3. The van der Waals surface area contributed by atoms with E-state index >= 15 is 0 Å². The van der Waals surface area contributed by atoms with Crippen molar-refractivity contribution in [1.82, 2.24) is 0 Å². The van der Waals surface area contributed by atoms with Crippen LogP contribution in [0.5, 0.6) is 0 Å². The smallest absolute Gasteiger partial charge is 0.261 e. The number of aryl methyl sites for hydroxylation is 2. The summed E-state index contributed by atoms with van der Waals surface area (Å²) in [5.74, 6) is -0.456. The van der Waals surface area contributed by atoms with E-state index in [4.69, 9.17) is 0 Å². The predicted octanol–water partition coefficient (Wildman–Crippen LogP) is 4.23. The maximum Gasteiger partial charge on any atom is 0.261 e. The van der Waals surface area contributed by atoms with Crippen molar-refractivity contribution in [2.75, 3.05) is 10.6 Å². The first-order chi connectivity index (χ1) is 17.9. The molecule has 0 aliphatic heterocycles. The average molecular weight is 495 g/mol. The van der Waals surface area contributed by atoms with Gasteiger partial charge in [-0.1, -0.05) is 12.1 Å². The quantitative estimate of drug-likeness (QED) is 0.270.